The highest BCUT2D eigenvalue weighted by atomic mass is 16.5. The van der Waals surface area contributed by atoms with Crippen molar-refractivity contribution in [3.63, 3.8) is 0 Å². The van der Waals surface area contributed by atoms with Crippen LogP contribution < -0.4 is 9.47 Å². The van der Waals surface area contributed by atoms with Crippen molar-refractivity contribution < 1.29 is 9.47 Å². The van der Waals surface area contributed by atoms with Gasteiger partial charge in [0, 0.05) is 24.8 Å². The van der Waals surface area contributed by atoms with E-state index in [4.69, 9.17) is 9.47 Å². The molecule has 0 fully saturated rings. The van der Waals surface area contributed by atoms with Crippen LogP contribution in [-0.4, -0.2) is 19.1 Å². The van der Waals surface area contributed by atoms with Gasteiger partial charge in [0.25, 0.3) is 0 Å². The van der Waals surface area contributed by atoms with E-state index in [0.717, 1.165) is 22.6 Å². The number of benzene rings is 2. The first-order valence-corrected chi connectivity index (χ1v) is 8.24. The summed E-state index contributed by atoms with van der Waals surface area (Å²) >= 11 is 0. The fourth-order valence-corrected chi connectivity index (χ4v) is 2.51. The lowest BCUT2D eigenvalue weighted by atomic mass is 10.1. The molecule has 0 unspecified atom stereocenters. The van der Waals surface area contributed by atoms with Gasteiger partial charge in [-0.25, -0.2) is 9.97 Å². The maximum atomic E-state index is 5.72. The van der Waals surface area contributed by atoms with Gasteiger partial charge in [-0.2, -0.15) is 0 Å². The fraction of sp³-hybridized carbons (Fsp3) is 0.100. The van der Waals surface area contributed by atoms with Gasteiger partial charge in [0.1, 0.15) is 11.5 Å². The molecule has 2 heterocycles. The van der Waals surface area contributed by atoms with Gasteiger partial charge in [0.2, 0.25) is 0 Å². The number of nitrogens with zero attached hydrogens (tertiary/aromatic N) is 4. The summed E-state index contributed by atoms with van der Waals surface area (Å²) in [6.07, 6.45) is 10.6. The van der Waals surface area contributed by atoms with Crippen molar-refractivity contribution in [3.05, 3.63) is 86.0 Å². The van der Waals surface area contributed by atoms with Gasteiger partial charge in [-0.3, -0.25) is 0 Å². The Balaban J connectivity index is 1.36. The van der Waals surface area contributed by atoms with Crippen LogP contribution in [0.4, 0.5) is 0 Å². The van der Waals surface area contributed by atoms with E-state index in [1.54, 1.807) is 25.0 Å². The molecule has 0 aliphatic carbocycles. The standard InChI is InChI=1S/C20H18N4O2/c1-5-19(25-15-23-11-9-21-13-23)6-2-17(1)18-3-7-20(8-4-18)26-16-24-12-10-22-14-24/h1-14H,15-16H2. The quantitative estimate of drug-likeness (QED) is 0.510. The van der Waals surface area contributed by atoms with Crippen LogP contribution in [-0.2, 0) is 13.5 Å². The van der Waals surface area contributed by atoms with Crippen molar-refractivity contribution in [2.24, 2.45) is 0 Å². The monoisotopic (exact) mass is 346 g/mol. The van der Waals surface area contributed by atoms with Gasteiger partial charge in [0.15, 0.2) is 13.5 Å². The average Bonchev–Trinajstić information content (AvgIpc) is 3.40. The van der Waals surface area contributed by atoms with E-state index in [1.165, 1.54) is 0 Å². The molecule has 0 aliphatic heterocycles. The molecule has 4 rings (SSSR count). The molecule has 0 aliphatic rings. The minimum absolute atomic E-state index is 0.447. The Morgan fingerprint density at radius 2 is 1.04 bits per heavy atom. The van der Waals surface area contributed by atoms with Crippen LogP contribution in [0.2, 0.25) is 0 Å². The van der Waals surface area contributed by atoms with Gasteiger partial charge < -0.3 is 18.6 Å². The van der Waals surface area contributed by atoms with Gasteiger partial charge in [-0.15, -0.1) is 0 Å². The largest absolute Gasteiger partial charge is 0.473 e. The Labute approximate surface area is 151 Å². The molecule has 2 aromatic heterocycles. The first kappa shape index (κ1) is 16.0. The summed E-state index contributed by atoms with van der Waals surface area (Å²) in [6, 6.07) is 16.1. The zero-order valence-electron chi connectivity index (χ0n) is 14.1. The van der Waals surface area contributed by atoms with Crippen LogP contribution in [0.1, 0.15) is 0 Å². The second-order valence-corrected chi connectivity index (χ2v) is 5.75. The van der Waals surface area contributed by atoms with Crippen molar-refractivity contribution in [1.82, 2.24) is 19.1 Å². The maximum absolute atomic E-state index is 5.72. The van der Waals surface area contributed by atoms with Gasteiger partial charge in [-0.05, 0) is 35.4 Å². The van der Waals surface area contributed by atoms with Crippen LogP contribution in [0.25, 0.3) is 11.1 Å². The van der Waals surface area contributed by atoms with Crippen molar-refractivity contribution in [2.75, 3.05) is 0 Å². The van der Waals surface area contributed by atoms with Crippen molar-refractivity contribution in [1.29, 1.82) is 0 Å². The smallest absolute Gasteiger partial charge is 0.165 e. The molecule has 0 saturated carbocycles. The van der Waals surface area contributed by atoms with Crippen LogP contribution in [0.3, 0.4) is 0 Å². The number of imidazole rings is 2. The first-order valence-electron chi connectivity index (χ1n) is 8.24. The Hall–Kier alpha value is -3.54. The van der Waals surface area contributed by atoms with E-state index in [1.807, 2.05) is 70.1 Å². The first-order chi connectivity index (χ1) is 12.9. The maximum Gasteiger partial charge on any atom is 0.165 e. The van der Waals surface area contributed by atoms with E-state index < -0.39 is 0 Å². The highest BCUT2D eigenvalue weighted by Crippen LogP contribution is 2.25. The molecule has 0 N–H and O–H groups in total. The number of aromatic nitrogens is 4. The summed E-state index contributed by atoms with van der Waals surface area (Å²) in [4.78, 5) is 7.98. The zero-order valence-corrected chi connectivity index (χ0v) is 14.1. The predicted molar refractivity (Wildman–Crippen MR) is 97.6 cm³/mol. The molecule has 0 saturated heterocycles. The van der Waals surface area contributed by atoms with E-state index >= 15 is 0 Å². The molecular formula is C20H18N4O2. The molecule has 26 heavy (non-hydrogen) atoms. The summed E-state index contributed by atoms with van der Waals surface area (Å²) < 4.78 is 15.2. The van der Waals surface area contributed by atoms with E-state index in [0.29, 0.717) is 13.5 Å². The fourth-order valence-electron chi connectivity index (χ4n) is 2.51. The highest BCUT2D eigenvalue weighted by Gasteiger charge is 2.01. The zero-order chi connectivity index (χ0) is 17.6. The third kappa shape index (κ3) is 3.92. The summed E-state index contributed by atoms with van der Waals surface area (Å²) in [6.45, 7) is 0.893. The summed E-state index contributed by atoms with van der Waals surface area (Å²) in [7, 11) is 0. The Morgan fingerprint density at radius 1 is 0.615 bits per heavy atom. The van der Waals surface area contributed by atoms with E-state index in [-0.39, 0.29) is 0 Å². The van der Waals surface area contributed by atoms with Crippen LogP contribution in [0.15, 0.2) is 86.0 Å². The number of hydrogen-bond acceptors (Lipinski definition) is 4. The molecule has 0 radical (unpaired) electrons. The molecular weight excluding hydrogens is 328 g/mol. The SMILES string of the molecule is c1cn(COc2ccc(-c3ccc(OCn4ccnc4)cc3)cc2)cn1. The molecule has 130 valence electrons. The molecule has 2 aromatic carbocycles. The lowest BCUT2D eigenvalue weighted by Gasteiger charge is -2.09. The number of rotatable bonds is 7. The van der Waals surface area contributed by atoms with Crippen molar-refractivity contribution >= 4 is 0 Å². The van der Waals surface area contributed by atoms with Gasteiger partial charge in [0.05, 0.1) is 12.7 Å². The third-order valence-electron chi connectivity index (χ3n) is 3.92. The summed E-state index contributed by atoms with van der Waals surface area (Å²) in [5.74, 6) is 1.64. The average molecular weight is 346 g/mol. The topological polar surface area (TPSA) is 54.1 Å². The van der Waals surface area contributed by atoms with E-state index in [2.05, 4.69) is 9.97 Å². The van der Waals surface area contributed by atoms with Crippen molar-refractivity contribution in [3.8, 4) is 22.6 Å². The van der Waals surface area contributed by atoms with Crippen molar-refractivity contribution in [2.45, 2.75) is 13.5 Å². The van der Waals surface area contributed by atoms with Crippen LogP contribution in [0, 0.1) is 0 Å². The summed E-state index contributed by atoms with van der Waals surface area (Å²) in [5, 5.41) is 0. The molecule has 0 spiro atoms. The van der Waals surface area contributed by atoms with E-state index in [9.17, 15) is 0 Å². The molecule has 6 heteroatoms. The molecule has 0 atom stereocenters. The predicted octanol–water partition coefficient (Wildman–Crippen LogP) is 3.82. The Kier molecular flexibility index (Phi) is 4.64. The molecule has 0 amide bonds. The third-order valence-corrected chi connectivity index (χ3v) is 3.92. The van der Waals surface area contributed by atoms with Crippen LogP contribution >= 0.6 is 0 Å². The normalized spacial score (nSPS) is 10.6. The number of ether oxygens (including phenoxy) is 2. The molecule has 4 aromatic rings. The summed E-state index contributed by atoms with van der Waals surface area (Å²) in [5.41, 5.74) is 2.25. The highest BCUT2D eigenvalue weighted by molar-refractivity contribution is 5.64. The Morgan fingerprint density at radius 3 is 1.38 bits per heavy atom. The number of hydrogen-bond donors (Lipinski definition) is 0. The second-order valence-electron chi connectivity index (χ2n) is 5.75. The lowest BCUT2D eigenvalue weighted by molar-refractivity contribution is 0.236. The minimum Gasteiger partial charge on any atom is -0.473 e. The van der Waals surface area contributed by atoms with Gasteiger partial charge in [-0.1, -0.05) is 24.3 Å². The Bertz CT molecular complexity index is 835. The van der Waals surface area contributed by atoms with Crippen LogP contribution in [0.5, 0.6) is 11.5 Å². The lowest BCUT2D eigenvalue weighted by Crippen LogP contribution is -2.02. The molecule has 0 bridgehead atoms. The molecule has 6 nitrogen and oxygen atoms in total. The van der Waals surface area contributed by atoms with Gasteiger partial charge >= 0.3 is 0 Å². The second kappa shape index (κ2) is 7.57. The minimum atomic E-state index is 0.447.